The highest BCUT2D eigenvalue weighted by Gasteiger charge is 2.19. The van der Waals surface area contributed by atoms with Crippen molar-refractivity contribution < 1.29 is 9.53 Å². The monoisotopic (exact) mass is 384 g/mol. The van der Waals surface area contributed by atoms with Gasteiger partial charge in [-0.25, -0.2) is 4.79 Å². The zero-order valence-corrected chi connectivity index (χ0v) is 16.2. The Kier molecular flexibility index (Phi) is 6.73. The molecule has 0 amide bonds. The van der Waals surface area contributed by atoms with Gasteiger partial charge in [-0.05, 0) is 55.0 Å². The molecule has 2 aromatic rings. The van der Waals surface area contributed by atoms with E-state index in [-0.39, 0.29) is 5.97 Å². The van der Waals surface area contributed by atoms with Crippen molar-refractivity contribution in [2.45, 2.75) is 13.5 Å². The first kappa shape index (κ1) is 19.3. The predicted octanol–water partition coefficient (Wildman–Crippen LogP) is 2.77. The highest BCUT2D eigenvalue weighted by molar-refractivity contribution is 7.80. The molecule has 3 rings (SSSR count). The summed E-state index contributed by atoms with van der Waals surface area (Å²) in [6, 6.07) is 11.3. The van der Waals surface area contributed by atoms with Crippen molar-refractivity contribution in [1.29, 1.82) is 0 Å². The number of benzene rings is 1. The van der Waals surface area contributed by atoms with E-state index in [0.29, 0.717) is 17.3 Å². The number of carbonyl (C=O) groups excluding carboxylic acids is 1. The maximum Gasteiger partial charge on any atom is 0.338 e. The maximum atomic E-state index is 11.9. The van der Waals surface area contributed by atoms with Gasteiger partial charge in [-0.15, -0.1) is 0 Å². The van der Waals surface area contributed by atoms with E-state index in [0.717, 1.165) is 38.4 Å². The number of aromatic nitrogens is 1. The van der Waals surface area contributed by atoms with E-state index in [1.807, 2.05) is 24.5 Å². The third kappa shape index (κ3) is 5.48. The molecule has 1 saturated heterocycles. The molecule has 6 nitrogen and oxygen atoms in total. The van der Waals surface area contributed by atoms with Gasteiger partial charge in [0.2, 0.25) is 0 Å². The molecule has 1 fully saturated rings. The van der Waals surface area contributed by atoms with E-state index in [1.165, 1.54) is 5.56 Å². The van der Waals surface area contributed by atoms with Crippen molar-refractivity contribution in [3.63, 3.8) is 0 Å². The Hall–Kier alpha value is -2.51. The van der Waals surface area contributed by atoms with Gasteiger partial charge in [-0.3, -0.25) is 9.88 Å². The molecular weight excluding hydrogens is 360 g/mol. The summed E-state index contributed by atoms with van der Waals surface area (Å²) in [5.41, 5.74) is 2.59. The van der Waals surface area contributed by atoms with Crippen molar-refractivity contribution in [3.05, 3.63) is 59.9 Å². The first-order chi connectivity index (χ1) is 13.2. The topological polar surface area (TPSA) is 57.7 Å². The SMILES string of the molecule is CCOC(=O)c1cccc(NC(=S)N2CCN(Cc3ccncc3)CC2)c1. The number of nitrogens with one attached hydrogen (secondary N) is 1. The van der Waals surface area contributed by atoms with E-state index in [4.69, 9.17) is 17.0 Å². The molecule has 1 aliphatic rings. The summed E-state index contributed by atoms with van der Waals surface area (Å²) in [6.45, 7) is 6.73. The van der Waals surface area contributed by atoms with Crippen LogP contribution in [0.1, 0.15) is 22.8 Å². The fraction of sp³-hybridized carbons (Fsp3) is 0.350. The lowest BCUT2D eigenvalue weighted by molar-refractivity contribution is 0.0526. The van der Waals surface area contributed by atoms with Crippen LogP contribution in [0.2, 0.25) is 0 Å². The standard InChI is InChI=1S/C20H24N4O2S/c1-2-26-19(25)17-4-3-5-18(14-17)22-20(27)24-12-10-23(11-13-24)15-16-6-8-21-9-7-16/h3-9,14H,2,10-13,15H2,1H3,(H,22,27). The summed E-state index contributed by atoms with van der Waals surface area (Å²) in [6.07, 6.45) is 3.66. The summed E-state index contributed by atoms with van der Waals surface area (Å²) in [5.74, 6) is -0.322. The van der Waals surface area contributed by atoms with Crippen molar-refractivity contribution in [1.82, 2.24) is 14.8 Å². The van der Waals surface area contributed by atoms with Crippen LogP contribution in [0.3, 0.4) is 0 Å². The molecule has 2 heterocycles. The summed E-state index contributed by atoms with van der Waals surface area (Å²) < 4.78 is 5.05. The maximum absolute atomic E-state index is 11.9. The number of carbonyl (C=O) groups is 1. The molecule has 27 heavy (non-hydrogen) atoms. The number of anilines is 1. The second-order valence-electron chi connectivity index (χ2n) is 6.35. The van der Waals surface area contributed by atoms with Crippen LogP contribution in [0, 0.1) is 0 Å². The lowest BCUT2D eigenvalue weighted by atomic mass is 10.2. The second-order valence-corrected chi connectivity index (χ2v) is 6.74. The minimum atomic E-state index is -0.322. The van der Waals surface area contributed by atoms with Crippen LogP contribution in [0.25, 0.3) is 0 Å². The van der Waals surface area contributed by atoms with Gasteiger partial charge in [-0.2, -0.15) is 0 Å². The molecule has 0 saturated carbocycles. The molecule has 1 aromatic heterocycles. The third-order valence-corrected chi connectivity index (χ3v) is 4.80. The highest BCUT2D eigenvalue weighted by Crippen LogP contribution is 2.14. The number of hydrogen-bond donors (Lipinski definition) is 1. The number of rotatable bonds is 5. The van der Waals surface area contributed by atoms with Crippen LogP contribution in [-0.2, 0) is 11.3 Å². The Morgan fingerprint density at radius 3 is 2.63 bits per heavy atom. The van der Waals surface area contributed by atoms with Crippen molar-refractivity contribution in [2.24, 2.45) is 0 Å². The van der Waals surface area contributed by atoms with Gasteiger partial charge < -0.3 is 15.0 Å². The van der Waals surface area contributed by atoms with Gasteiger partial charge in [0.15, 0.2) is 5.11 Å². The average Bonchev–Trinajstić information content (AvgIpc) is 2.70. The molecule has 1 N–H and O–H groups in total. The quantitative estimate of drug-likeness (QED) is 0.628. The molecule has 0 radical (unpaired) electrons. The molecule has 0 atom stereocenters. The van der Waals surface area contributed by atoms with E-state index in [1.54, 1.807) is 19.1 Å². The Labute approximate surface area is 165 Å². The van der Waals surface area contributed by atoms with Gasteiger partial charge in [0.25, 0.3) is 0 Å². The molecule has 1 aromatic carbocycles. The molecule has 0 bridgehead atoms. The molecule has 0 aliphatic carbocycles. The zero-order chi connectivity index (χ0) is 19.1. The summed E-state index contributed by atoms with van der Waals surface area (Å²) in [5, 5.41) is 3.92. The van der Waals surface area contributed by atoms with E-state index >= 15 is 0 Å². The number of ether oxygens (including phenoxy) is 1. The third-order valence-electron chi connectivity index (χ3n) is 4.44. The molecule has 0 unspecified atom stereocenters. The molecule has 7 heteroatoms. The average molecular weight is 385 g/mol. The summed E-state index contributed by atoms with van der Waals surface area (Å²) in [7, 11) is 0. The number of nitrogens with zero attached hydrogens (tertiary/aromatic N) is 3. The van der Waals surface area contributed by atoms with Crippen LogP contribution in [0.15, 0.2) is 48.8 Å². The van der Waals surface area contributed by atoms with Crippen LogP contribution < -0.4 is 5.32 Å². The number of esters is 1. The Balaban J connectivity index is 1.51. The number of piperazine rings is 1. The largest absolute Gasteiger partial charge is 0.462 e. The summed E-state index contributed by atoms with van der Waals surface area (Å²) >= 11 is 5.56. The minimum Gasteiger partial charge on any atom is -0.462 e. The van der Waals surface area contributed by atoms with Crippen molar-refractivity contribution in [3.8, 4) is 0 Å². The van der Waals surface area contributed by atoms with E-state index in [9.17, 15) is 4.79 Å². The van der Waals surface area contributed by atoms with Crippen LogP contribution in [0.4, 0.5) is 5.69 Å². The Morgan fingerprint density at radius 2 is 1.93 bits per heavy atom. The van der Waals surface area contributed by atoms with Crippen LogP contribution in [0.5, 0.6) is 0 Å². The molecular formula is C20H24N4O2S. The van der Waals surface area contributed by atoms with Gasteiger partial charge >= 0.3 is 5.97 Å². The highest BCUT2D eigenvalue weighted by atomic mass is 32.1. The molecule has 1 aliphatic heterocycles. The lowest BCUT2D eigenvalue weighted by Crippen LogP contribution is -2.49. The fourth-order valence-electron chi connectivity index (χ4n) is 3.00. The normalized spacial score (nSPS) is 14.6. The van der Waals surface area contributed by atoms with Crippen LogP contribution >= 0.6 is 12.2 Å². The van der Waals surface area contributed by atoms with Gasteiger partial charge in [0.1, 0.15) is 0 Å². The zero-order valence-electron chi connectivity index (χ0n) is 15.4. The Morgan fingerprint density at radius 1 is 1.19 bits per heavy atom. The smallest absolute Gasteiger partial charge is 0.338 e. The Bertz CT molecular complexity index is 777. The van der Waals surface area contributed by atoms with Crippen molar-refractivity contribution in [2.75, 3.05) is 38.1 Å². The van der Waals surface area contributed by atoms with Gasteiger partial charge in [-0.1, -0.05) is 6.07 Å². The second kappa shape index (κ2) is 9.43. The number of thiocarbonyl (C=S) groups is 1. The van der Waals surface area contributed by atoms with Gasteiger partial charge in [0.05, 0.1) is 12.2 Å². The van der Waals surface area contributed by atoms with Crippen molar-refractivity contribution >= 4 is 29.0 Å². The molecule has 0 spiro atoms. The molecule has 142 valence electrons. The van der Waals surface area contributed by atoms with Crippen LogP contribution in [-0.4, -0.2) is 58.7 Å². The summed E-state index contributed by atoms with van der Waals surface area (Å²) in [4.78, 5) is 20.5. The lowest BCUT2D eigenvalue weighted by Gasteiger charge is -2.36. The minimum absolute atomic E-state index is 0.322. The number of hydrogen-bond acceptors (Lipinski definition) is 5. The fourth-order valence-corrected chi connectivity index (χ4v) is 3.30. The van der Waals surface area contributed by atoms with E-state index in [2.05, 4.69) is 32.2 Å². The van der Waals surface area contributed by atoms with E-state index < -0.39 is 0 Å². The first-order valence-corrected chi connectivity index (χ1v) is 9.51. The predicted molar refractivity (Wildman–Crippen MR) is 110 cm³/mol. The first-order valence-electron chi connectivity index (χ1n) is 9.10. The number of pyridine rings is 1. The van der Waals surface area contributed by atoms with Gasteiger partial charge in [0, 0.05) is 50.8 Å².